The van der Waals surface area contributed by atoms with Gasteiger partial charge in [-0.1, -0.05) is 13.8 Å². The summed E-state index contributed by atoms with van der Waals surface area (Å²) in [5.41, 5.74) is 0. The summed E-state index contributed by atoms with van der Waals surface area (Å²) in [6, 6.07) is -1.70. The van der Waals surface area contributed by atoms with Gasteiger partial charge in [0.05, 0.1) is 12.1 Å². The fraction of sp³-hybridized carbons (Fsp3) is 0.769. The van der Waals surface area contributed by atoms with Crippen molar-refractivity contribution in [3.8, 4) is 0 Å². The predicted octanol–water partition coefficient (Wildman–Crippen LogP) is -0.470. The van der Waals surface area contributed by atoms with Crippen LogP contribution in [-0.4, -0.2) is 53.1 Å². The topological polar surface area (TPSA) is 116 Å². The minimum absolute atomic E-state index is 0.0360. The summed E-state index contributed by atoms with van der Waals surface area (Å²) in [5, 5.41) is 23.3. The van der Waals surface area contributed by atoms with E-state index >= 15 is 0 Å². The summed E-state index contributed by atoms with van der Waals surface area (Å²) in [7, 11) is 1.52. The van der Waals surface area contributed by atoms with E-state index in [2.05, 4.69) is 10.6 Å². The molecule has 1 amide bonds. The second-order valence-corrected chi connectivity index (χ2v) is 5.06. The second kappa shape index (κ2) is 8.65. The van der Waals surface area contributed by atoms with Gasteiger partial charge < -0.3 is 20.8 Å². The van der Waals surface area contributed by atoms with Gasteiger partial charge in [-0.25, -0.2) is 0 Å². The summed E-state index contributed by atoms with van der Waals surface area (Å²) < 4.78 is 0. The van der Waals surface area contributed by atoms with E-state index in [9.17, 15) is 19.5 Å². The molecule has 0 aromatic rings. The van der Waals surface area contributed by atoms with Crippen LogP contribution in [0, 0.1) is 5.92 Å². The van der Waals surface area contributed by atoms with Crippen LogP contribution in [0.1, 0.15) is 33.6 Å². The van der Waals surface area contributed by atoms with Crippen LogP contribution in [0.4, 0.5) is 0 Å². The van der Waals surface area contributed by atoms with Crippen LogP contribution in [0.3, 0.4) is 0 Å². The first kappa shape index (κ1) is 18.5. The number of rotatable bonds is 9. The molecule has 0 radical (unpaired) electrons. The van der Waals surface area contributed by atoms with Gasteiger partial charge in [-0.3, -0.25) is 14.4 Å². The van der Waals surface area contributed by atoms with Gasteiger partial charge in [-0.05, 0) is 20.4 Å². The van der Waals surface area contributed by atoms with E-state index in [1.165, 1.54) is 14.0 Å². The highest BCUT2D eigenvalue weighted by molar-refractivity contribution is 5.92. The summed E-state index contributed by atoms with van der Waals surface area (Å²) in [6.45, 7) is 4.83. The number of ketones is 1. The number of carboxylic acid groups (broad SMARTS) is 1. The normalized spacial score (nSPS) is 15.5. The zero-order chi connectivity index (χ0) is 15.9. The number of Topliss-reactive ketones (excluding diaryl/α,β-unsaturated/α-hetero) is 1. The van der Waals surface area contributed by atoms with Gasteiger partial charge in [0.15, 0.2) is 5.78 Å². The molecule has 116 valence electrons. The Morgan fingerprint density at radius 1 is 1.15 bits per heavy atom. The molecule has 0 fully saturated rings. The number of likely N-dealkylation sites (N-methyl/N-ethyl adjacent to an activating group) is 1. The number of aliphatic hydroxyl groups excluding tert-OH is 1. The van der Waals surface area contributed by atoms with Crippen molar-refractivity contribution in [1.29, 1.82) is 0 Å². The Labute approximate surface area is 118 Å². The summed E-state index contributed by atoms with van der Waals surface area (Å²) in [5.74, 6) is -2.08. The number of carboxylic acids is 1. The molecule has 7 nitrogen and oxygen atoms in total. The van der Waals surface area contributed by atoms with Crippen molar-refractivity contribution in [3.05, 3.63) is 0 Å². The van der Waals surface area contributed by atoms with Gasteiger partial charge >= 0.3 is 5.97 Å². The molecule has 0 unspecified atom stereocenters. The summed E-state index contributed by atoms with van der Waals surface area (Å²) in [6.07, 6.45) is -1.09. The van der Waals surface area contributed by atoms with Crippen molar-refractivity contribution >= 4 is 17.7 Å². The number of carbonyl (C=O) groups excluding carboxylic acids is 2. The van der Waals surface area contributed by atoms with Crippen LogP contribution in [0.25, 0.3) is 0 Å². The Balaban J connectivity index is 4.82. The molecule has 20 heavy (non-hydrogen) atoms. The van der Waals surface area contributed by atoms with E-state index < -0.39 is 30.1 Å². The fourth-order valence-corrected chi connectivity index (χ4v) is 1.81. The highest BCUT2D eigenvalue weighted by Crippen LogP contribution is 2.07. The highest BCUT2D eigenvalue weighted by atomic mass is 16.4. The molecule has 0 rings (SSSR count). The van der Waals surface area contributed by atoms with Crippen LogP contribution in [-0.2, 0) is 14.4 Å². The molecule has 0 heterocycles. The minimum atomic E-state index is -1.03. The lowest BCUT2D eigenvalue weighted by molar-refractivity contribution is -0.138. The van der Waals surface area contributed by atoms with Crippen molar-refractivity contribution in [1.82, 2.24) is 10.6 Å². The monoisotopic (exact) mass is 288 g/mol. The first-order chi connectivity index (χ1) is 9.20. The molecule has 0 aliphatic carbocycles. The third-order valence-corrected chi connectivity index (χ3v) is 2.95. The maximum atomic E-state index is 12.0. The molecule has 3 atom stereocenters. The van der Waals surface area contributed by atoms with E-state index in [1.54, 1.807) is 13.8 Å². The quantitative estimate of drug-likeness (QED) is 0.456. The second-order valence-electron chi connectivity index (χ2n) is 5.06. The number of aliphatic hydroxyl groups is 1. The Morgan fingerprint density at radius 3 is 2.05 bits per heavy atom. The third kappa shape index (κ3) is 6.12. The highest BCUT2D eigenvalue weighted by Gasteiger charge is 2.28. The standard InChI is InChI=1S/C13H24N2O5/c1-7(2)12(19)9(5-6-10(17)18)15-13(20)11(14-4)8(3)16/h7-9,11,14,16H,5-6H2,1-4H3,(H,15,20)(H,17,18)/t8-,9+,11+/m1/s1. The van der Waals surface area contributed by atoms with E-state index in [1.807, 2.05) is 0 Å². The van der Waals surface area contributed by atoms with Gasteiger partial charge in [0.1, 0.15) is 6.04 Å². The lowest BCUT2D eigenvalue weighted by atomic mass is 9.97. The number of aliphatic carboxylic acids is 1. The lowest BCUT2D eigenvalue weighted by Gasteiger charge is -2.24. The summed E-state index contributed by atoms with van der Waals surface area (Å²) in [4.78, 5) is 34.5. The van der Waals surface area contributed by atoms with Crippen LogP contribution >= 0.6 is 0 Å². The van der Waals surface area contributed by atoms with E-state index in [0.29, 0.717) is 0 Å². The third-order valence-electron chi connectivity index (χ3n) is 2.95. The largest absolute Gasteiger partial charge is 0.481 e. The molecule has 0 aromatic heterocycles. The zero-order valence-electron chi connectivity index (χ0n) is 12.3. The number of carbonyl (C=O) groups is 3. The van der Waals surface area contributed by atoms with E-state index in [0.717, 1.165) is 0 Å². The molecular formula is C13H24N2O5. The van der Waals surface area contributed by atoms with Crippen molar-refractivity contribution in [3.63, 3.8) is 0 Å². The van der Waals surface area contributed by atoms with Gasteiger partial charge in [0, 0.05) is 12.3 Å². The van der Waals surface area contributed by atoms with Crippen LogP contribution in [0.15, 0.2) is 0 Å². The Bertz CT molecular complexity index is 355. The van der Waals surface area contributed by atoms with Gasteiger partial charge in [0.2, 0.25) is 5.91 Å². The Morgan fingerprint density at radius 2 is 1.70 bits per heavy atom. The molecular weight excluding hydrogens is 264 g/mol. The van der Waals surface area contributed by atoms with Gasteiger partial charge in [-0.2, -0.15) is 0 Å². The Kier molecular flexibility index (Phi) is 8.02. The smallest absolute Gasteiger partial charge is 0.303 e. The van der Waals surface area contributed by atoms with Crippen LogP contribution < -0.4 is 10.6 Å². The molecule has 0 aromatic carbocycles. The molecule has 4 N–H and O–H groups in total. The van der Waals surface area contributed by atoms with Gasteiger partial charge in [0.25, 0.3) is 0 Å². The minimum Gasteiger partial charge on any atom is -0.481 e. The Hall–Kier alpha value is -1.47. The maximum Gasteiger partial charge on any atom is 0.303 e. The maximum absolute atomic E-state index is 12.0. The van der Waals surface area contributed by atoms with Crippen LogP contribution in [0.5, 0.6) is 0 Å². The number of hydrogen-bond donors (Lipinski definition) is 4. The van der Waals surface area contributed by atoms with Crippen molar-refractivity contribution in [2.45, 2.75) is 51.8 Å². The lowest BCUT2D eigenvalue weighted by Crippen LogP contribution is -2.54. The summed E-state index contributed by atoms with van der Waals surface area (Å²) >= 11 is 0. The average Bonchev–Trinajstić information content (AvgIpc) is 2.33. The zero-order valence-corrected chi connectivity index (χ0v) is 12.3. The first-order valence-electron chi connectivity index (χ1n) is 6.61. The van der Waals surface area contributed by atoms with E-state index in [-0.39, 0.29) is 24.5 Å². The number of hydrogen-bond acceptors (Lipinski definition) is 5. The molecule has 0 saturated heterocycles. The van der Waals surface area contributed by atoms with Crippen LogP contribution in [0.2, 0.25) is 0 Å². The average molecular weight is 288 g/mol. The molecule has 0 aliphatic heterocycles. The molecule has 0 aliphatic rings. The predicted molar refractivity (Wildman–Crippen MR) is 73.2 cm³/mol. The SMILES string of the molecule is CN[C@H](C(=O)N[C@@H](CCC(=O)O)C(=O)C(C)C)[C@@H](C)O. The van der Waals surface area contributed by atoms with E-state index in [4.69, 9.17) is 5.11 Å². The fourth-order valence-electron chi connectivity index (χ4n) is 1.81. The molecule has 0 bridgehead atoms. The van der Waals surface area contributed by atoms with Crippen molar-refractivity contribution in [2.24, 2.45) is 5.92 Å². The van der Waals surface area contributed by atoms with Crippen molar-refractivity contribution in [2.75, 3.05) is 7.05 Å². The number of nitrogens with one attached hydrogen (secondary N) is 2. The van der Waals surface area contributed by atoms with Gasteiger partial charge in [-0.15, -0.1) is 0 Å². The van der Waals surface area contributed by atoms with Crippen molar-refractivity contribution < 1.29 is 24.6 Å². The molecule has 7 heteroatoms. The molecule has 0 spiro atoms. The first-order valence-corrected chi connectivity index (χ1v) is 6.61. The molecule has 0 saturated carbocycles. The number of amides is 1.